The number of ether oxygens (including phenoxy) is 1. The van der Waals surface area contributed by atoms with Crippen LogP contribution in [0.25, 0.3) is 0 Å². The van der Waals surface area contributed by atoms with Gasteiger partial charge in [-0.1, -0.05) is 30.2 Å². The summed E-state index contributed by atoms with van der Waals surface area (Å²) in [5.74, 6) is 0. The van der Waals surface area contributed by atoms with Gasteiger partial charge in [0.05, 0.1) is 16.1 Å². The van der Waals surface area contributed by atoms with Crippen molar-refractivity contribution in [2.75, 3.05) is 0 Å². The highest BCUT2D eigenvalue weighted by Gasteiger charge is 2.23. The second-order valence-corrected chi connectivity index (χ2v) is 4.24. The summed E-state index contributed by atoms with van der Waals surface area (Å²) in [7, 11) is 0. The van der Waals surface area contributed by atoms with Crippen molar-refractivity contribution < 1.29 is 33.9 Å². The van der Waals surface area contributed by atoms with E-state index in [2.05, 4.69) is 4.84 Å². The van der Waals surface area contributed by atoms with Crippen LogP contribution in [-0.4, -0.2) is 28.0 Å². The highest BCUT2D eigenvalue weighted by Crippen LogP contribution is 2.11. The molecule has 0 aliphatic carbocycles. The van der Waals surface area contributed by atoms with E-state index in [1.54, 1.807) is 0 Å². The predicted molar refractivity (Wildman–Crippen MR) is 67.3 cm³/mol. The predicted octanol–water partition coefficient (Wildman–Crippen LogP) is 3.03. The number of nitrogens with zero attached hydrogens (tertiary/aromatic N) is 1. The molecular weight excluding hydrogens is 250 g/mol. The Bertz CT molecular complexity index is 718. The molecule has 0 aliphatic rings. The number of hydroxylamine groups is 2. The number of carbonyl (C=O) groups excluding carboxylic acids is 1. The molecule has 1 aromatic carbocycles. The van der Waals surface area contributed by atoms with Crippen LogP contribution in [0, 0.1) is 0 Å². The molecule has 1 aromatic rings. The van der Waals surface area contributed by atoms with E-state index in [-0.39, 0.29) is 0 Å². The fourth-order valence-electron chi connectivity index (χ4n) is 0.860. The van der Waals surface area contributed by atoms with E-state index in [0.29, 0.717) is 0 Å². The van der Waals surface area contributed by atoms with Gasteiger partial charge in [-0.3, -0.25) is 4.84 Å². The van der Waals surface area contributed by atoms with Gasteiger partial charge in [-0.25, -0.2) is 9.59 Å². The fourth-order valence-corrected chi connectivity index (χ4v) is 0.860. The summed E-state index contributed by atoms with van der Waals surface area (Å²) in [6.45, 7) is 1.09. The highest BCUT2D eigenvalue weighted by atomic mass is 16.8. The monoisotopic (exact) mass is 274 g/mol. The van der Waals surface area contributed by atoms with Gasteiger partial charge in [0, 0.05) is 0 Å². The maximum absolute atomic E-state index is 11.7. The Labute approximate surface area is 121 Å². The van der Waals surface area contributed by atoms with Crippen LogP contribution in [0.15, 0.2) is 30.2 Å². The molecule has 6 heteroatoms. The summed E-state index contributed by atoms with van der Waals surface area (Å²) in [6, 6.07) is -4.46. The van der Waals surface area contributed by atoms with Crippen molar-refractivity contribution in [1.82, 2.24) is 5.06 Å². The van der Waals surface area contributed by atoms with Gasteiger partial charge in [-0.05, 0) is 26.3 Å². The molecule has 6 nitrogen and oxygen atoms in total. The minimum atomic E-state index is -3.30. The van der Waals surface area contributed by atoms with Crippen molar-refractivity contribution in [1.29, 1.82) is 0 Å². The Hall–Kier alpha value is -2.24. The maximum atomic E-state index is 11.7. The summed E-state index contributed by atoms with van der Waals surface area (Å²) in [5, 5.41) is 8.73. The molecule has 1 N–H and O–H groups in total. The third-order valence-corrected chi connectivity index (χ3v) is 1.44. The topological polar surface area (TPSA) is 76.1 Å². The molecule has 0 unspecified atom stereocenters. The van der Waals surface area contributed by atoms with Crippen LogP contribution in [-0.2, 0) is 16.1 Å². The summed E-state index contributed by atoms with van der Waals surface area (Å²) in [4.78, 5) is 27.5. The Kier molecular flexibility index (Phi) is 2.36. The Balaban J connectivity index is 3.45. The normalized spacial score (nSPS) is 16.7. The van der Waals surface area contributed by atoms with Gasteiger partial charge in [0.2, 0.25) is 0 Å². The average Bonchev–Trinajstić information content (AvgIpc) is 2.46. The van der Waals surface area contributed by atoms with Crippen molar-refractivity contribution in [3.8, 4) is 0 Å². The van der Waals surface area contributed by atoms with Gasteiger partial charge in [-0.2, -0.15) is 0 Å². The lowest BCUT2D eigenvalue weighted by molar-refractivity contribution is -0.127. The molecule has 0 saturated carbocycles. The maximum Gasteiger partial charge on any atom is 0.534 e. The first-order chi connectivity index (χ1) is 11.6. The minimum absolute atomic E-state index is 0.463. The third kappa shape index (κ3) is 5.76. The molecule has 0 bridgehead atoms. The van der Waals surface area contributed by atoms with Gasteiger partial charge < -0.3 is 9.84 Å². The summed E-state index contributed by atoms with van der Waals surface area (Å²) >= 11 is 0. The second-order valence-electron chi connectivity index (χ2n) is 4.24. The molecule has 0 fully saturated rings. The molecule has 0 atom stereocenters. The lowest BCUT2D eigenvalue weighted by Crippen LogP contribution is -2.34. The van der Waals surface area contributed by atoms with Crippen LogP contribution in [0.2, 0.25) is 0 Å². The van der Waals surface area contributed by atoms with E-state index in [9.17, 15) is 14.7 Å². The minimum Gasteiger partial charge on any atom is -0.463 e. The molecule has 0 saturated heterocycles. The van der Waals surface area contributed by atoms with Gasteiger partial charge >= 0.3 is 12.2 Å². The van der Waals surface area contributed by atoms with Crippen LogP contribution in [0.5, 0.6) is 0 Å². The van der Waals surface area contributed by atoms with Gasteiger partial charge in [-0.15, -0.1) is 5.06 Å². The van der Waals surface area contributed by atoms with Crippen LogP contribution >= 0.6 is 0 Å². The molecule has 0 aliphatic heterocycles. The van der Waals surface area contributed by atoms with Gasteiger partial charge in [0.15, 0.2) is 0 Å². The zero-order valence-corrected chi connectivity index (χ0v) is 10.5. The number of hydrogen-bond acceptors (Lipinski definition) is 4. The molecule has 0 radical (unpaired) electrons. The quantitative estimate of drug-likeness (QED) is 0.662. The molecular formula is C13H17NO5. The van der Waals surface area contributed by atoms with E-state index in [4.69, 9.17) is 14.3 Å². The fraction of sp³-hybridized carbons (Fsp3) is 0.385. The highest BCUT2D eigenvalue weighted by molar-refractivity contribution is 5.67. The van der Waals surface area contributed by atoms with Crippen molar-refractivity contribution in [3.63, 3.8) is 0 Å². The zero-order valence-electron chi connectivity index (χ0n) is 17.5. The van der Waals surface area contributed by atoms with E-state index < -0.39 is 65.2 Å². The molecule has 1 rings (SSSR count). The first kappa shape index (κ1) is 7.37. The SMILES string of the molecule is [2H]c1c([2H])c([2H])c(C([2H])([2H])N(OC(=O)OC(C)(C)C)C(=O)O)c([2H])c1[2H]. The molecule has 0 spiro atoms. The van der Waals surface area contributed by atoms with Crippen molar-refractivity contribution >= 4 is 12.2 Å². The van der Waals surface area contributed by atoms with E-state index in [1.165, 1.54) is 20.8 Å². The lowest BCUT2D eigenvalue weighted by Gasteiger charge is -2.22. The van der Waals surface area contributed by atoms with Crippen LogP contribution in [0.3, 0.4) is 0 Å². The smallest absolute Gasteiger partial charge is 0.463 e. The standard InChI is InChI=1S/C13H17NO5/c1-13(2,3)18-12(17)19-14(11(15)16)9-10-7-5-4-6-8-10/h4-8H,9H2,1-3H3,(H,15,16)/i4D,5D,6D,7D,8D,9D2. The number of carbonyl (C=O) groups is 2. The molecule has 19 heavy (non-hydrogen) atoms. The zero-order chi connectivity index (χ0) is 20.6. The third-order valence-electron chi connectivity index (χ3n) is 1.44. The summed E-state index contributed by atoms with van der Waals surface area (Å²) in [6.07, 6.45) is -3.62. The second kappa shape index (κ2) is 6.08. The van der Waals surface area contributed by atoms with Crippen LogP contribution in [0.4, 0.5) is 9.59 Å². The number of hydrogen-bond donors (Lipinski definition) is 1. The van der Waals surface area contributed by atoms with Crippen LogP contribution < -0.4 is 0 Å². The van der Waals surface area contributed by atoms with Crippen molar-refractivity contribution in [2.45, 2.75) is 32.9 Å². The lowest BCUT2D eigenvalue weighted by atomic mass is 10.2. The van der Waals surface area contributed by atoms with E-state index >= 15 is 0 Å². The summed E-state index contributed by atoms with van der Waals surface area (Å²) in [5.41, 5.74) is -2.07. The molecule has 1 amide bonds. The van der Waals surface area contributed by atoms with Crippen molar-refractivity contribution in [3.05, 3.63) is 35.8 Å². The number of amides is 1. The molecule has 0 heterocycles. The Morgan fingerprint density at radius 2 is 1.95 bits per heavy atom. The van der Waals surface area contributed by atoms with Crippen LogP contribution in [0.1, 0.15) is 35.9 Å². The number of carboxylic acid groups (broad SMARTS) is 1. The number of benzene rings is 1. The van der Waals surface area contributed by atoms with E-state index in [1.807, 2.05) is 0 Å². The molecule has 0 aromatic heterocycles. The Morgan fingerprint density at radius 1 is 1.37 bits per heavy atom. The van der Waals surface area contributed by atoms with Crippen molar-refractivity contribution in [2.24, 2.45) is 0 Å². The largest absolute Gasteiger partial charge is 0.534 e. The summed E-state index contributed by atoms with van der Waals surface area (Å²) < 4.78 is 58.7. The first-order valence-corrected chi connectivity index (χ1v) is 5.12. The van der Waals surface area contributed by atoms with Gasteiger partial charge in [0.25, 0.3) is 0 Å². The average molecular weight is 274 g/mol. The number of rotatable bonds is 2. The van der Waals surface area contributed by atoms with Gasteiger partial charge in [0.1, 0.15) is 5.60 Å². The molecule has 104 valence electrons. The van der Waals surface area contributed by atoms with E-state index in [0.717, 1.165) is 0 Å². The Morgan fingerprint density at radius 3 is 2.42 bits per heavy atom. The first-order valence-electron chi connectivity index (χ1n) is 8.62.